The van der Waals surface area contributed by atoms with E-state index in [1.807, 2.05) is 6.07 Å². The van der Waals surface area contributed by atoms with Crippen molar-refractivity contribution in [1.29, 1.82) is 5.26 Å². The molecule has 1 rings (SSSR count). The Bertz CT molecular complexity index is 348. The average molecular weight is 179 g/mol. The molecule has 1 aromatic rings. The first-order valence-electron chi connectivity index (χ1n) is 3.66. The van der Waals surface area contributed by atoms with Crippen LogP contribution >= 0.6 is 0 Å². The highest BCUT2D eigenvalue weighted by Crippen LogP contribution is 2.01. The molecule has 2 N–H and O–H groups in total. The summed E-state index contributed by atoms with van der Waals surface area (Å²) in [6, 6.07) is 5.41. The summed E-state index contributed by atoms with van der Waals surface area (Å²) in [7, 11) is -1.74. The van der Waals surface area contributed by atoms with Crippen molar-refractivity contribution in [3.8, 4) is 6.07 Å². The molecule has 66 valence electrons. The van der Waals surface area contributed by atoms with Crippen LogP contribution < -0.4 is 5.46 Å². The third kappa shape index (κ3) is 2.28. The normalized spacial score (nSPS) is 9.38. The second kappa shape index (κ2) is 4.03. The van der Waals surface area contributed by atoms with E-state index in [1.165, 1.54) is 12.1 Å². The lowest BCUT2D eigenvalue weighted by Gasteiger charge is -2.04. The van der Waals surface area contributed by atoms with E-state index in [0.717, 1.165) is 6.07 Å². The number of benzene rings is 1. The van der Waals surface area contributed by atoms with Gasteiger partial charge in [-0.15, -0.1) is 0 Å². The van der Waals surface area contributed by atoms with Gasteiger partial charge in [0.05, 0.1) is 12.5 Å². The zero-order valence-corrected chi connectivity index (χ0v) is 6.74. The minimum atomic E-state index is -1.74. The van der Waals surface area contributed by atoms with Crippen molar-refractivity contribution in [2.24, 2.45) is 0 Å². The molecular weight excluding hydrogens is 172 g/mol. The van der Waals surface area contributed by atoms with Gasteiger partial charge in [-0.1, -0.05) is 6.07 Å². The van der Waals surface area contributed by atoms with Crippen molar-refractivity contribution in [2.75, 3.05) is 0 Å². The first kappa shape index (κ1) is 9.71. The maximum absolute atomic E-state index is 12.6. The van der Waals surface area contributed by atoms with Crippen molar-refractivity contribution in [2.45, 2.75) is 6.42 Å². The van der Waals surface area contributed by atoms with E-state index >= 15 is 0 Å². The van der Waals surface area contributed by atoms with Crippen LogP contribution in [0.25, 0.3) is 0 Å². The Morgan fingerprint density at radius 1 is 1.46 bits per heavy atom. The lowest BCUT2D eigenvalue weighted by atomic mass is 9.76. The fraction of sp³-hybridized carbons (Fsp3) is 0.125. The molecule has 0 radical (unpaired) electrons. The fourth-order valence-electron chi connectivity index (χ4n) is 1.05. The van der Waals surface area contributed by atoms with Crippen LogP contribution in [-0.2, 0) is 6.42 Å². The molecule has 0 heterocycles. The zero-order valence-electron chi connectivity index (χ0n) is 6.74. The second-order valence-corrected chi connectivity index (χ2v) is 2.55. The molecule has 0 unspecified atom stereocenters. The molecule has 5 heteroatoms. The van der Waals surface area contributed by atoms with Crippen LogP contribution in [0.15, 0.2) is 18.2 Å². The van der Waals surface area contributed by atoms with E-state index in [1.54, 1.807) is 0 Å². The van der Waals surface area contributed by atoms with Gasteiger partial charge in [0.1, 0.15) is 5.82 Å². The van der Waals surface area contributed by atoms with Crippen LogP contribution in [0.4, 0.5) is 4.39 Å². The summed E-state index contributed by atoms with van der Waals surface area (Å²) in [6.45, 7) is 0. The number of nitrogens with zero attached hydrogens (tertiary/aromatic N) is 1. The van der Waals surface area contributed by atoms with Gasteiger partial charge in [-0.05, 0) is 23.2 Å². The van der Waals surface area contributed by atoms with Crippen LogP contribution in [-0.4, -0.2) is 17.2 Å². The SMILES string of the molecule is N#CCc1ccc(F)cc1B(O)O. The molecular formula is C8H7BFNO2. The Hall–Kier alpha value is -1.38. The topological polar surface area (TPSA) is 64.2 Å². The van der Waals surface area contributed by atoms with Gasteiger partial charge in [0, 0.05) is 0 Å². The van der Waals surface area contributed by atoms with Crippen LogP contribution in [0.3, 0.4) is 0 Å². The van der Waals surface area contributed by atoms with E-state index < -0.39 is 12.9 Å². The Balaban J connectivity index is 3.12. The fourth-order valence-corrected chi connectivity index (χ4v) is 1.05. The van der Waals surface area contributed by atoms with Crippen LogP contribution in [0, 0.1) is 17.1 Å². The number of halogens is 1. The van der Waals surface area contributed by atoms with Gasteiger partial charge in [0.2, 0.25) is 0 Å². The zero-order chi connectivity index (χ0) is 9.84. The predicted octanol–water partition coefficient (Wildman–Crippen LogP) is -0.428. The molecule has 3 nitrogen and oxygen atoms in total. The molecule has 0 aliphatic heterocycles. The molecule has 0 aromatic heterocycles. The first-order valence-corrected chi connectivity index (χ1v) is 3.66. The molecule has 0 saturated carbocycles. The third-order valence-corrected chi connectivity index (χ3v) is 1.66. The summed E-state index contributed by atoms with van der Waals surface area (Å²) in [5.74, 6) is -0.551. The molecule has 0 spiro atoms. The van der Waals surface area contributed by atoms with Gasteiger partial charge >= 0.3 is 7.12 Å². The van der Waals surface area contributed by atoms with Crippen molar-refractivity contribution in [3.05, 3.63) is 29.6 Å². The van der Waals surface area contributed by atoms with E-state index in [9.17, 15) is 4.39 Å². The van der Waals surface area contributed by atoms with Crippen LogP contribution in [0.5, 0.6) is 0 Å². The Morgan fingerprint density at radius 2 is 2.15 bits per heavy atom. The lowest BCUT2D eigenvalue weighted by Crippen LogP contribution is -2.33. The molecule has 0 aliphatic rings. The molecule has 0 fully saturated rings. The summed E-state index contributed by atoms with van der Waals surface area (Å²) in [5.41, 5.74) is 0.473. The highest BCUT2D eigenvalue weighted by Gasteiger charge is 2.16. The van der Waals surface area contributed by atoms with Crippen molar-refractivity contribution in [1.82, 2.24) is 0 Å². The summed E-state index contributed by atoms with van der Waals surface area (Å²) < 4.78 is 12.6. The minimum Gasteiger partial charge on any atom is -0.423 e. The van der Waals surface area contributed by atoms with Crippen molar-refractivity contribution in [3.63, 3.8) is 0 Å². The van der Waals surface area contributed by atoms with Crippen molar-refractivity contribution < 1.29 is 14.4 Å². The van der Waals surface area contributed by atoms with Gasteiger partial charge in [-0.2, -0.15) is 5.26 Å². The molecule has 13 heavy (non-hydrogen) atoms. The molecule has 0 bridgehead atoms. The van der Waals surface area contributed by atoms with E-state index in [0.29, 0.717) is 5.56 Å². The summed E-state index contributed by atoms with van der Waals surface area (Å²) in [5, 5.41) is 26.1. The van der Waals surface area contributed by atoms with Gasteiger partial charge in [-0.25, -0.2) is 4.39 Å². The highest BCUT2D eigenvalue weighted by atomic mass is 19.1. The van der Waals surface area contributed by atoms with E-state index in [-0.39, 0.29) is 11.9 Å². The lowest BCUT2D eigenvalue weighted by molar-refractivity contribution is 0.425. The quantitative estimate of drug-likeness (QED) is 0.605. The highest BCUT2D eigenvalue weighted by molar-refractivity contribution is 6.59. The average Bonchev–Trinajstić information content (AvgIpc) is 2.08. The summed E-state index contributed by atoms with van der Waals surface area (Å²) in [4.78, 5) is 0. The number of hydrogen-bond acceptors (Lipinski definition) is 3. The predicted molar refractivity (Wildman–Crippen MR) is 45.5 cm³/mol. The smallest absolute Gasteiger partial charge is 0.423 e. The molecule has 1 aromatic carbocycles. The molecule has 0 atom stereocenters. The molecule has 0 aliphatic carbocycles. The first-order chi connectivity index (χ1) is 6.15. The molecule has 0 saturated heterocycles. The number of hydrogen-bond donors (Lipinski definition) is 2. The number of nitriles is 1. The van der Waals surface area contributed by atoms with Crippen LogP contribution in [0.1, 0.15) is 5.56 Å². The number of rotatable bonds is 2. The van der Waals surface area contributed by atoms with E-state index in [2.05, 4.69) is 0 Å². The van der Waals surface area contributed by atoms with Crippen molar-refractivity contribution >= 4 is 12.6 Å². The van der Waals surface area contributed by atoms with Gasteiger partial charge < -0.3 is 10.0 Å². The largest absolute Gasteiger partial charge is 0.488 e. The third-order valence-electron chi connectivity index (χ3n) is 1.66. The maximum Gasteiger partial charge on any atom is 0.488 e. The Morgan fingerprint density at radius 3 is 2.69 bits per heavy atom. The Kier molecular flexibility index (Phi) is 3.01. The minimum absolute atomic E-state index is 0.0350. The monoisotopic (exact) mass is 179 g/mol. The van der Waals surface area contributed by atoms with Gasteiger partial charge in [0.15, 0.2) is 0 Å². The summed E-state index contributed by atoms with van der Waals surface area (Å²) >= 11 is 0. The Labute approximate surface area is 75.2 Å². The van der Waals surface area contributed by atoms with Gasteiger partial charge in [-0.3, -0.25) is 0 Å². The summed E-state index contributed by atoms with van der Waals surface area (Å²) in [6.07, 6.45) is 0.0350. The maximum atomic E-state index is 12.6. The van der Waals surface area contributed by atoms with Gasteiger partial charge in [0.25, 0.3) is 0 Å². The standard InChI is InChI=1S/C8H7BFNO2/c10-7-2-1-6(3-4-11)8(5-7)9(12)13/h1-2,5,12-13H,3H2. The molecule has 0 amide bonds. The van der Waals surface area contributed by atoms with E-state index in [4.69, 9.17) is 15.3 Å². The second-order valence-electron chi connectivity index (χ2n) is 2.55. The van der Waals surface area contributed by atoms with Crippen LogP contribution in [0.2, 0.25) is 0 Å².